The monoisotopic (exact) mass is 373 g/mol. The van der Waals surface area contributed by atoms with Gasteiger partial charge in [-0.1, -0.05) is 24.3 Å². The summed E-state index contributed by atoms with van der Waals surface area (Å²) in [7, 11) is -2.47. The van der Waals surface area contributed by atoms with E-state index < -0.39 is 20.6 Å². The van der Waals surface area contributed by atoms with Crippen molar-refractivity contribution in [2.24, 2.45) is 7.05 Å². The number of nitrogens with zero attached hydrogens (tertiary/aromatic N) is 4. The van der Waals surface area contributed by atoms with E-state index >= 15 is 0 Å². The molecule has 0 aliphatic heterocycles. The number of para-hydroxylation sites is 1. The van der Waals surface area contributed by atoms with Crippen LogP contribution in [0.5, 0.6) is 0 Å². The molecule has 0 saturated heterocycles. The molecule has 0 atom stereocenters. The lowest BCUT2D eigenvalue weighted by Gasteiger charge is -2.13. The van der Waals surface area contributed by atoms with Crippen LogP contribution in [0.1, 0.15) is 5.56 Å². The Kier molecular flexibility index (Phi) is 4.43. The van der Waals surface area contributed by atoms with E-state index in [9.17, 15) is 18.5 Å². The number of hydrogen-bond donors (Lipinski definition) is 1. The highest BCUT2D eigenvalue weighted by Gasteiger charge is 2.28. The molecule has 9 nitrogen and oxygen atoms in total. The number of aromatic nitrogens is 3. The van der Waals surface area contributed by atoms with E-state index in [1.807, 2.05) is 0 Å². The summed E-state index contributed by atoms with van der Waals surface area (Å²) in [4.78, 5) is 10.2. The molecule has 134 valence electrons. The van der Waals surface area contributed by atoms with Crippen LogP contribution < -0.4 is 4.72 Å². The van der Waals surface area contributed by atoms with Crippen molar-refractivity contribution in [3.63, 3.8) is 0 Å². The molecule has 0 saturated carbocycles. The number of hydrogen-bond acceptors (Lipinski definition) is 6. The topological polar surface area (TPSA) is 120 Å². The molecule has 3 aromatic rings. The fourth-order valence-corrected chi connectivity index (χ4v) is 4.10. The van der Waals surface area contributed by atoms with E-state index in [0.717, 1.165) is 6.07 Å². The quantitative estimate of drug-likeness (QED) is 0.542. The number of nitro groups is 1. The summed E-state index contributed by atoms with van der Waals surface area (Å²) in [5, 5.41) is 19.0. The molecule has 0 unspecified atom stereocenters. The van der Waals surface area contributed by atoms with Crippen molar-refractivity contribution in [3.05, 3.63) is 64.5 Å². The number of anilines is 1. The van der Waals surface area contributed by atoms with E-state index in [-0.39, 0.29) is 16.1 Å². The minimum Gasteiger partial charge on any atom is -0.317 e. The van der Waals surface area contributed by atoms with E-state index in [1.54, 1.807) is 35.9 Å². The van der Waals surface area contributed by atoms with Crippen LogP contribution in [0.2, 0.25) is 0 Å². The second-order valence-electron chi connectivity index (χ2n) is 5.60. The molecule has 0 fully saturated rings. The summed E-state index contributed by atoms with van der Waals surface area (Å²) in [6.07, 6.45) is 1.49. The molecule has 2 aromatic carbocycles. The van der Waals surface area contributed by atoms with Crippen LogP contribution in [0, 0.1) is 17.0 Å². The van der Waals surface area contributed by atoms with Crippen LogP contribution in [-0.2, 0) is 17.1 Å². The molecule has 0 amide bonds. The van der Waals surface area contributed by atoms with Gasteiger partial charge < -0.3 is 4.57 Å². The summed E-state index contributed by atoms with van der Waals surface area (Å²) in [6, 6.07) is 10.8. The molecule has 3 rings (SSSR count). The predicted molar refractivity (Wildman–Crippen MR) is 95.1 cm³/mol. The zero-order chi connectivity index (χ0) is 18.9. The lowest BCUT2D eigenvalue weighted by Crippen LogP contribution is -2.17. The minimum atomic E-state index is -4.20. The van der Waals surface area contributed by atoms with Crippen LogP contribution in [0.4, 0.5) is 11.4 Å². The highest BCUT2D eigenvalue weighted by Crippen LogP contribution is 2.32. The highest BCUT2D eigenvalue weighted by atomic mass is 32.2. The summed E-state index contributed by atoms with van der Waals surface area (Å²) >= 11 is 0. The Bertz CT molecular complexity index is 1090. The van der Waals surface area contributed by atoms with Gasteiger partial charge in [0.15, 0.2) is 10.7 Å². The SMILES string of the molecule is Cc1cccc([N+](=O)[O-])c1S(=O)(=O)Nc1ccccc1-c1nncn1C. The highest BCUT2D eigenvalue weighted by molar-refractivity contribution is 7.93. The Morgan fingerprint density at radius 3 is 2.54 bits per heavy atom. The van der Waals surface area contributed by atoms with E-state index in [1.165, 1.54) is 25.4 Å². The van der Waals surface area contributed by atoms with Crippen LogP contribution >= 0.6 is 0 Å². The Morgan fingerprint density at radius 1 is 1.15 bits per heavy atom. The molecule has 0 aliphatic carbocycles. The Labute approximate surface area is 149 Å². The van der Waals surface area contributed by atoms with Gasteiger partial charge in [0.25, 0.3) is 15.7 Å². The third-order valence-corrected chi connectivity index (χ3v) is 5.34. The summed E-state index contributed by atoms with van der Waals surface area (Å²) in [5.41, 5.74) is 0.560. The van der Waals surface area contributed by atoms with Crippen molar-refractivity contribution < 1.29 is 13.3 Å². The van der Waals surface area contributed by atoms with Gasteiger partial charge in [0.1, 0.15) is 6.33 Å². The summed E-state index contributed by atoms with van der Waals surface area (Å²) < 4.78 is 29.9. The van der Waals surface area contributed by atoms with Gasteiger partial charge in [-0.3, -0.25) is 14.8 Å². The van der Waals surface area contributed by atoms with Gasteiger partial charge in [0.05, 0.1) is 10.6 Å². The first kappa shape index (κ1) is 17.5. The first-order valence-corrected chi connectivity index (χ1v) is 9.00. The number of sulfonamides is 1. The molecule has 0 aliphatic rings. The van der Waals surface area contributed by atoms with Crippen LogP contribution in [0.15, 0.2) is 53.7 Å². The predicted octanol–water partition coefficient (Wildman–Crippen LogP) is 2.50. The molecule has 0 radical (unpaired) electrons. The first-order chi connectivity index (χ1) is 12.3. The van der Waals surface area contributed by atoms with Crippen molar-refractivity contribution in [1.29, 1.82) is 0 Å². The number of nitrogens with one attached hydrogen (secondary N) is 1. The summed E-state index contributed by atoms with van der Waals surface area (Å²) in [6.45, 7) is 1.51. The third kappa shape index (κ3) is 3.14. The molecular formula is C16H15N5O4S. The Balaban J connectivity index is 2.12. The van der Waals surface area contributed by atoms with E-state index in [4.69, 9.17) is 0 Å². The van der Waals surface area contributed by atoms with E-state index in [0.29, 0.717) is 11.4 Å². The lowest BCUT2D eigenvalue weighted by molar-refractivity contribution is -0.387. The van der Waals surface area contributed by atoms with Gasteiger partial charge in [-0.25, -0.2) is 8.42 Å². The Morgan fingerprint density at radius 2 is 1.88 bits per heavy atom. The maximum atomic E-state index is 12.9. The fourth-order valence-electron chi connectivity index (χ4n) is 2.62. The normalized spacial score (nSPS) is 11.3. The van der Waals surface area contributed by atoms with Crippen molar-refractivity contribution in [2.75, 3.05) is 4.72 Å². The minimum absolute atomic E-state index is 0.251. The number of nitro benzene ring substituents is 1. The van der Waals surface area contributed by atoms with Crippen LogP contribution in [-0.4, -0.2) is 28.1 Å². The fraction of sp³-hybridized carbons (Fsp3) is 0.125. The van der Waals surface area contributed by atoms with Crippen molar-refractivity contribution >= 4 is 21.4 Å². The largest absolute Gasteiger partial charge is 0.317 e. The molecule has 1 N–H and O–H groups in total. The molecule has 26 heavy (non-hydrogen) atoms. The van der Waals surface area contributed by atoms with Gasteiger partial charge in [-0.15, -0.1) is 10.2 Å². The average molecular weight is 373 g/mol. The maximum absolute atomic E-state index is 12.9. The zero-order valence-electron chi connectivity index (χ0n) is 13.9. The molecule has 1 aromatic heterocycles. The third-order valence-electron chi connectivity index (χ3n) is 3.78. The maximum Gasteiger partial charge on any atom is 0.290 e. The van der Waals surface area contributed by atoms with Crippen molar-refractivity contribution in [3.8, 4) is 11.4 Å². The second-order valence-corrected chi connectivity index (χ2v) is 7.22. The molecule has 1 heterocycles. The number of benzene rings is 2. The molecule has 0 spiro atoms. The smallest absolute Gasteiger partial charge is 0.290 e. The van der Waals surface area contributed by atoms with E-state index in [2.05, 4.69) is 14.9 Å². The number of aryl methyl sites for hydroxylation is 2. The van der Waals surface area contributed by atoms with Crippen molar-refractivity contribution in [1.82, 2.24) is 14.8 Å². The second kappa shape index (κ2) is 6.56. The van der Waals surface area contributed by atoms with Crippen molar-refractivity contribution in [2.45, 2.75) is 11.8 Å². The van der Waals surface area contributed by atoms with Crippen LogP contribution in [0.3, 0.4) is 0 Å². The molecule has 10 heteroatoms. The summed E-state index contributed by atoms with van der Waals surface area (Å²) in [5.74, 6) is 0.461. The Hall–Kier alpha value is -3.27. The molecular weight excluding hydrogens is 358 g/mol. The van der Waals surface area contributed by atoms with Crippen LogP contribution in [0.25, 0.3) is 11.4 Å². The lowest BCUT2D eigenvalue weighted by atomic mass is 10.2. The standard InChI is InChI=1S/C16H15N5O4S/c1-11-6-5-9-14(21(22)23)15(11)26(24,25)19-13-8-4-3-7-12(13)16-18-17-10-20(16)2/h3-10,19H,1-2H3. The average Bonchev–Trinajstić information content (AvgIpc) is 3.00. The number of rotatable bonds is 5. The first-order valence-electron chi connectivity index (χ1n) is 7.51. The van der Waals surface area contributed by atoms with Gasteiger partial charge in [0.2, 0.25) is 0 Å². The zero-order valence-corrected chi connectivity index (χ0v) is 14.8. The van der Waals surface area contributed by atoms with Gasteiger partial charge in [0, 0.05) is 18.7 Å². The van der Waals surface area contributed by atoms with Gasteiger partial charge in [-0.2, -0.15) is 0 Å². The van der Waals surface area contributed by atoms with Gasteiger partial charge in [-0.05, 0) is 24.6 Å². The molecule has 0 bridgehead atoms. The van der Waals surface area contributed by atoms with Gasteiger partial charge >= 0.3 is 0 Å².